The lowest BCUT2D eigenvalue weighted by Crippen LogP contribution is -2.22. The van der Waals surface area contributed by atoms with E-state index in [1.165, 1.54) is 12.7 Å². The molecule has 1 N–H and O–H groups in total. The lowest BCUT2D eigenvalue weighted by Gasteiger charge is -2.07. The molecule has 0 aliphatic carbocycles. The van der Waals surface area contributed by atoms with Crippen molar-refractivity contribution in [3.8, 4) is 5.75 Å². The molecule has 1 aromatic rings. The lowest BCUT2D eigenvalue weighted by molar-refractivity contribution is -0.131. The number of ether oxygens (including phenoxy) is 1. The maximum Gasteiger partial charge on any atom is 0.361 e. The summed E-state index contributed by atoms with van der Waals surface area (Å²) in [6.07, 6.45) is 0.937. The van der Waals surface area contributed by atoms with Gasteiger partial charge in [-0.3, -0.25) is 10.3 Å². The highest BCUT2D eigenvalue weighted by molar-refractivity contribution is 9.09. The molecule has 0 unspecified atom stereocenters. The number of esters is 1. The first-order valence-corrected chi connectivity index (χ1v) is 6.14. The Kier molecular flexibility index (Phi) is 5.72. The zero-order valence-electron chi connectivity index (χ0n) is 9.53. The predicted octanol–water partition coefficient (Wildman–Crippen LogP) is 2.19. The first-order valence-electron chi connectivity index (χ1n) is 5.02. The first-order chi connectivity index (χ1) is 8.17. The normalized spacial score (nSPS) is 9.76. The highest BCUT2D eigenvalue weighted by atomic mass is 79.9. The maximum atomic E-state index is 11.4. The second-order valence-electron chi connectivity index (χ2n) is 3.26. The largest absolute Gasteiger partial charge is 0.422 e. The van der Waals surface area contributed by atoms with E-state index in [-0.39, 0.29) is 5.70 Å². The van der Waals surface area contributed by atoms with Crippen LogP contribution in [0.5, 0.6) is 5.75 Å². The van der Waals surface area contributed by atoms with Crippen LogP contribution in [0.1, 0.15) is 5.56 Å². The van der Waals surface area contributed by atoms with Gasteiger partial charge in [0.05, 0.1) is 7.11 Å². The van der Waals surface area contributed by atoms with E-state index < -0.39 is 5.97 Å². The Balaban J connectivity index is 2.57. The van der Waals surface area contributed by atoms with E-state index in [9.17, 15) is 4.79 Å². The van der Waals surface area contributed by atoms with Crippen molar-refractivity contribution in [1.82, 2.24) is 5.48 Å². The number of halogens is 1. The van der Waals surface area contributed by atoms with Gasteiger partial charge in [0.1, 0.15) is 11.4 Å². The number of aryl methyl sites for hydroxylation is 1. The quantitative estimate of drug-likeness (QED) is 0.288. The van der Waals surface area contributed by atoms with Crippen molar-refractivity contribution >= 4 is 21.9 Å². The van der Waals surface area contributed by atoms with Crippen molar-refractivity contribution in [3.05, 3.63) is 42.1 Å². The average Bonchev–Trinajstić information content (AvgIpc) is 2.32. The standard InChI is InChI=1S/C12H14BrNO3/c1-9(14-16-2)12(15)17-11-5-3-10(4-6-11)7-8-13/h3-6,14H,1,7-8H2,2H3. The van der Waals surface area contributed by atoms with E-state index in [4.69, 9.17) is 4.74 Å². The summed E-state index contributed by atoms with van der Waals surface area (Å²) in [5.74, 6) is -0.0903. The zero-order valence-corrected chi connectivity index (χ0v) is 11.1. The second-order valence-corrected chi connectivity index (χ2v) is 4.05. The summed E-state index contributed by atoms with van der Waals surface area (Å²) in [7, 11) is 1.40. The number of carbonyl (C=O) groups excluding carboxylic acids is 1. The van der Waals surface area contributed by atoms with Crippen LogP contribution in [0, 0.1) is 0 Å². The Bertz CT molecular complexity index is 389. The number of rotatable bonds is 6. The molecule has 0 aliphatic rings. The number of nitrogens with one attached hydrogen (secondary N) is 1. The molecule has 0 fully saturated rings. The van der Waals surface area contributed by atoms with Gasteiger partial charge in [0.15, 0.2) is 0 Å². The molecule has 0 amide bonds. The zero-order chi connectivity index (χ0) is 12.7. The summed E-state index contributed by atoms with van der Waals surface area (Å²) in [5.41, 5.74) is 3.55. The van der Waals surface area contributed by atoms with Crippen LogP contribution in [0.4, 0.5) is 0 Å². The van der Waals surface area contributed by atoms with Gasteiger partial charge < -0.3 is 4.74 Å². The highest BCUT2D eigenvalue weighted by Gasteiger charge is 2.09. The summed E-state index contributed by atoms with van der Waals surface area (Å²) in [6, 6.07) is 7.32. The van der Waals surface area contributed by atoms with E-state index in [0.717, 1.165) is 11.8 Å². The molecular weight excluding hydrogens is 286 g/mol. The Morgan fingerprint density at radius 2 is 2.06 bits per heavy atom. The molecular formula is C12H14BrNO3. The summed E-state index contributed by atoms with van der Waals surface area (Å²) >= 11 is 3.36. The van der Waals surface area contributed by atoms with E-state index in [1.54, 1.807) is 12.1 Å². The van der Waals surface area contributed by atoms with Gasteiger partial charge in [-0.25, -0.2) is 4.79 Å². The molecule has 0 aliphatic heterocycles. The van der Waals surface area contributed by atoms with Crippen LogP contribution in [0.3, 0.4) is 0 Å². The van der Waals surface area contributed by atoms with Crippen LogP contribution in [0.15, 0.2) is 36.5 Å². The average molecular weight is 300 g/mol. The van der Waals surface area contributed by atoms with Crippen molar-refractivity contribution in [3.63, 3.8) is 0 Å². The molecule has 17 heavy (non-hydrogen) atoms. The van der Waals surface area contributed by atoms with Crippen molar-refractivity contribution in [2.24, 2.45) is 0 Å². The number of alkyl halides is 1. The second kappa shape index (κ2) is 7.09. The summed E-state index contributed by atoms with van der Waals surface area (Å²) < 4.78 is 5.07. The number of hydrogen-bond donors (Lipinski definition) is 1. The van der Waals surface area contributed by atoms with Crippen LogP contribution in [-0.4, -0.2) is 18.4 Å². The number of hydrogen-bond acceptors (Lipinski definition) is 4. The van der Waals surface area contributed by atoms with Crippen LogP contribution in [0.2, 0.25) is 0 Å². The predicted molar refractivity (Wildman–Crippen MR) is 68.9 cm³/mol. The van der Waals surface area contributed by atoms with Gasteiger partial charge in [-0.2, -0.15) is 0 Å². The minimum absolute atomic E-state index is 0.0528. The molecule has 5 heteroatoms. The molecule has 0 saturated heterocycles. The molecule has 1 aromatic carbocycles. The molecule has 1 rings (SSSR count). The Morgan fingerprint density at radius 3 is 2.59 bits per heavy atom. The number of benzene rings is 1. The molecule has 92 valence electrons. The molecule has 0 spiro atoms. The number of carbonyl (C=O) groups is 1. The Hall–Kier alpha value is -1.33. The van der Waals surface area contributed by atoms with Gasteiger partial charge in [-0.05, 0) is 24.1 Å². The van der Waals surface area contributed by atoms with Crippen LogP contribution >= 0.6 is 15.9 Å². The van der Waals surface area contributed by atoms with E-state index in [1.807, 2.05) is 12.1 Å². The molecule has 4 nitrogen and oxygen atoms in total. The van der Waals surface area contributed by atoms with Crippen molar-refractivity contribution < 1.29 is 14.4 Å². The highest BCUT2D eigenvalue weighted by Crippen LogP contribution is 2.14. The Morgan fingerprint density at radius 1 is 1.41 bits per heavy atom. The Labute approximate surface area is 109 Å². The van der Waals surface area contributed by atoms with Crippen molar-refractivity contribution in [2.45, 2.75) is 6.42 Å². The molecule has 0 bridgehead atoms. The molecule has 0 saturated carbocycles. The number of hydroxylamine groups is 1. The third-order valence-electron chi connectivity index (χ3n) is 1.99. The van der Waals surface area contributed by atoms with Gasteiger partial charge in [0, 0.05) is 5.33 Å². The van der Waals surface area contributed by atoms with Crippen LogP contribution in [-0.2, 0) is 16.1 Å². The molecule has 0 atom stereocenters. The molecule has 0 radical (unpaired) electrons. The third-order valence-corrected chi connectivity index (χ3v) is 2.39. The van der Waals surface area contributed by atoms with E-state index in [2.05, 4.69) is 32.8 Å². The summed E-state index contributed by atoms with van der Waals surface area (Å²) in [5, 5.41) is 0.903. The minimum Gasteiger partial charge on any atom is -0.422 e. The SMILES string of the molecule is C=C(NOC)C(=O)Oc1ccc(CCBr)cc1. The van der Waals surface area contributed by atoms with Crippen LogP contribution < -0.4 is 10.2 Å². The lowest BCUT2D eigenvalue weighted by atomic mass is 10.2. The summed E-state index contributed by atoms with van der Waals surface area (Å²) in [4.78, 5) is 16.0. The van der Waals surface area contributed by atoms with Gasteiger partial charge in [0.25, 0.3) is 0 Å². The fourth-order valence-electron chi connectivity index (χ4n) is 1.17. The fraction of sp³-hybridized carbons (Fsp3) is 0.250. The third kappa shape index (κ3) is 4.58. The van der Waals surface area contributed by atoms with Gasteiger partial charge >= 0.3 is 5.97 Å². The maximum absolute atomic E-state index is 11.4. The summed E-state index contributed by atoms with van der Waals surface area (Å²) in [6.45, 7) is 3.47. The fourth-order valence-corrected chi connectivity index (χ4v) is 1.62. The van der Waals surface area contributed by atoms with E-state index in [0.29, 0.717) is 5.75 Å². The van der Waals surface area contributed by atoms with Gasteiger partial charge in [-0.15, -0.1) is 0 Å². The van der Waals surface area contributed by atoms with Gasteiger partial charge in [-0.1, -0.05) is 34.6 Å². The smallest absolute Gasteiger partial charge is 0.361 e. The topological polar surface area (TPSA) is 47.6 Å². The van der Waals surface area contributed by atoms with Crippen molar-refractivity contribution in [2.75, 3.05) is 12.4 Å². The monoisotopic (exact) mass is 299 g/mol. The van der Waals surface area contributed by atoms with Crippen molar-refractivity contribution in [1.29, 1.82) is 0 Å². The van der Waals surface area contributed by atoms with E-state index >= 15 is 0 Å². The van der Waals surface area contributed by atoms with Gasteiger partial charge in [0.2, 0.25) is 0 Å². The molecule has 0 aromatic heterocycles. The van der Waals surface area contributed by atoms with Crippen LogP contribution in [0.25, 0.3) is 0 Å². The first kappa shape index (κ1) is 13.7. The minimum atomic E-state index is -0.569. The molecule has 0 heterocycles.